The van der Waals surface area contributed by atoms with Crippen molar-refractivity contribution in [3.05, 3.63) is 53.8 Å². The van der Waals surface area contributed by atoms with E-state index < -0.39 is 17.9 Å². The maximum atomic E-state index is 12.9. The predicted octanol–water partition coefficient (Wildman–Crippen LogP) is 2.71. The molecule has 10 heteroatoms. The number of piperazine rings is 1. The minimum atomic E-state index is -0.745. The zero-order chi connectivity index (χ0) is 20.5. The molecule has 1 aliphatic rings. The average molecular weight is 413 g/mol. The van der Waals surface area contributed by atoms with Crippen LogP contribution in [0.4, 0.5) is 20.0 Å². The lowest BCUT2D eigenvalue weighted by molar-refractivity contribution is -0.143. The molecule has 0 bridgehead atoms. The van der Waals surface area contributed by atoms with Gasteiger partial charge < -0.3 is 15.5 Å². The number of nitrogens with zero attached hydrogens (tertiary/aromatic N) is 2. The molecule has 8 nitrogen and oxygen atoms in total. The molecule has 4 amide bonds. The van der Waals surface area contributed by atoms with Crippen molar-refractivity contribution in [1.82, 2.24) is 15.2 Å². The largest absolute Gasteiger partial charge is 0.339 e. The number of likely N-dealkylation sites (N-methyl/N-ethyl adjacent to an activating group) is 1. The van der Waals surface area contributed by atoms with Crippen molar-refractivity contribution in [1.29, 1.82) is 0 Å². The van der Waals surface area contributed by atoms with E-state index in [-0.39, 0.29) is 18.4 Å². The maximum Gasteiger partial charge on any atom is 0.325 e. The summed E-state index contributed by atoms with van der Waals surface area (Å²) in [4.78, 5) is 42.0. The summed E-state index contributed by atoms with van der Waals surface area (Å²) in [5.41, 5.74) is 1.75. The highest BCUT2D eigenvalue weighted by Crippen LogP contribution is 2.30. The Kier molecular flexibility index (Phi) is 4.85. The van der Waals surface area contributed by atoms with E-state index in [0.717, 1.165) is 4.70 Å². The van der Waals surface area contributed by atoms with Gasteiger partial charge in [-0.15, -0.1) is 0 Å². The van der Waals surface area contributed by atoms with Crippen LogP contribution in [0.2, 0.25) is 0 Å². The molecule has 1 unspecified atom stereocenters. The fourth-order valence-electron chi connectivity index (χ4n) is 2.97. The van der Waals surface area contributed by atoms with Crippen LogP contribution in [0.15, 0.2) is 42.5 Å². The van der Waals surface area contributed by atoms with E-state index in [9.17, 15) is 18.8 Å². The van der Waals surface area contributed by atoms with Gasteiger partial charge in [-0.05, 0) is 42.0 Å². The van der Waals surface area contributed by atoms with Gasteiger partial charge in [0.2, 0.25) is 11.8 Å². The molecule has 1 atom stereocenters. The van der Waals surface area contributed by atoms with Gasteiger partial charge in [0.05, 0.1) is 16.8 Å². The highest BCUT2D eigenvalue weighted by atomic mass is 32.1. The van der Waals surface area contributed by atoms with Gasteiger partial charge in [-0.3, -0.25) is 14.9 Å². The summed E-state index contributed by atoms with van der Waals surface area (Å²) in [5, 5.41) is 8.29. The number of urea groups is 1. The van der Waals surface area contributed by atoms with Gasteiger partial charge in [-0.2, -0.15) is 0 Å². The number of carbonyl (C=O) groups excluding carboxylic acids is 3. The molecule has 0 aliphatic carbocycles. The number of hydrogen-bond donors (Lipinski definition) is 3. The second-order valence-electron chi connectivity index (χ2n) is 6.53. The van der Waals surface area contributed by atoms with Crippen molar-refractivity contribution in [2.24, 2.45) is 0 Å². The fourth-order valence-corrected chi connectivity index (χ4v) is 3.88. The normalized spacial score (nSPS) is 16.6. The molecule has 148 valence electrons. The van der Waals surface area contributed by atoms with Crippen LogP contribution in [0.1, 0.15) is 11.6 Å². The third-order valence-electron chi connectivity index (χ3n) is 4.38. The summed E-state index contributed by atoms with van der Waals surface area (Å²) in [6.07, 6.45) is 0. The molecule has 2 heterocycles. The Bertz CT molecular complexity index is 1110. The lowest BCUT2D eigenvalue weighted by Crippen LogP contribution is -2.51. The zero-order valence-electron chi connectivity index (χ0n) is 15.2. The molecule has 0 saturated carbocycles. The van der Waals surface area contributed by atoms with Gasteiger partial charge in [-0.1, -0.05) is 17.4 Å². The topological polar surface area (TPSA) is 103 Å². The maximum absolute atomic E-state index is 12.9. The van der Waals surface area contributed by atoms with Gasteiger partial charge in [-0.25, -0.2) is 14.2 Å². The van der Waals surface area contributed by atoms with Gasteiger partial charge in [0.15, 0.2) is 5.13 Å². The molecule has 1 fully saturated rings. The molecular formula is C19H16FN5O3S. The lowest BCUT2D eigenvalue weighted by atomic mass is 10.0. The van der Waals surface area contributed by atoms with Crippen molar-refractivity contribution in [2.45, 2.75) is 6.04 Å². The van der Waals surface area contributed by atoms with E-state index in [2.05, 4.69) is 20.9 Å². The first-order valence-electron chi connectivity index (χ1n) is 8.67. The van der Waals surface area contributed by atoms with Crippen molar-refractivity contribution in [3.63, 3.8) is 0 Å². The summed E-state index contributed by atoms with van der Waals surface area (Å²) in [7, 11) is 1.58. The van der Waals surface area contributed by atoms with Crippen molar-refractivity contribution >= 4 is 50.2 Å². The van der Waals surface area contributed by atoms with Crippen molar-refractivity contribution in [2.75, 3.05) is 24.2 Å². The van der Waals surface area contributed by atoms with E-state index in [4.69, 9.17) is 0 Å². The van der Waals surface area contributed by atoms with Crippen LogP contribution in [0.5, 0.6) is 0 Å². The molecule has 3 aromatic rings. The molecule has 2 aromatic carbocycles. The summed E-state index contributed by atoms with van der Waals surface area (Å²) in [6.45, 7) is 0.0371. The summed E-state index contributed by atoms with van der Waals surface area (Å²) in [5.74, 6) is -0.802. The van der Waals surface area contributed by atoms with Crippen LogP contribution < -0.4 is 16.0 Å². The molecular weight excluding hydrogens is 397 g/mol. The molecule has 0 spiro atoms. The summed E-state index contributed by atoms with van der Waals surface area (Å²) >= 11 is 1.24. The Balaban J connectivity index is 1.51. The molecule has 3 N–H and O–H groups in total. The monoisotopic (exact) mass is 413 g/mol. The number of halogens is 1. The van der Waals surface area contributed by atoms with Gasteiger partial charge in [0, 0.05) is 12.7 Å². The molecule has 4 rings (SSSR count). The van der Waals surface area contributed by atoms with Gasteiger partial charge in [0.25, 0.3) is 0 Å². The molecule has 1 aliphatic heterocycles. The van der Waals surface area contributed by atoms with E-state index in [0.29, 0.717) is 21.9 Å². The highest BCUT2D eigenvalue weighted by molar-refractivity contribution is 7.22. The zero-order valence-corrected chi connectivity index (χ0v) is 16.0. The molecule has 1 aromatic heterocycles. The summed E-state index contributed by atoms with van der Waals surface area (Å²) < 4.78 is 13.7. The Hall–Kier alpha value is -3.53. The number of carbonyl (C=O) groups is 3. The number of fused-ring (bicyclic) bond motifs is 1. The Morgan fingerprint density at radius 1 is 1.21 bits per heavy atom. The first-order chi connectivity index (χ1) is 13.9. The molecule has 1 saturated heterocycles. The Morgan fingerprint density at radius 3 is 2.72 bits per heavy atom. The number of nitrogens with one attached hydrogen (secondary N) is 3. The van der Waals surface area contributed by atoms with Crippen molar-refractivity contribution < 1.29 is 18.8 Å². The number of hydrogen-bond acceptors (Lipinski definition) is 5. The highest BCUT2D eigenvalue weighted by Gasteiger charge is 2.31. The van der Waals surface area contributed by atoms with Crippen LogP contribution in [0.3, 0.4) is 0 Å². The van der Waals surface area contributed by atoms with E-state index in [1.165, 1.54) is 40.5 Å². The molecule has 29 heavy (non-hydrogen) atoms. The van der Waals surface area contributed by atoms with Crippen molar-refractivity contribution in [3.8, 4) is 0 Å². The van der Waals surface area contributed by atoms with Crippen LogP contribution in [-0.4, -0.2) is 41.3 Å². The minimum Gasteiger partial charge on any atom is -0.339 e. The SMILES string of the molecule is CN1CC(=O)NC(c2ccc3nc(NC(=O)Nc4ccc(F)cc4)sc3c2)C1=O. The number of anilines is 2. The van der Waals surface area contributed by atoms with Crippen LogP contribution >= 0.6 is 11.3 Å². The molecule has 0 radical (unpaired) electrons. The Labute approximate surface area is 168 Å². The first-order valence-corrected chi connectivity index (χ1v) is 9.49. The Morgan fingerprint density at radius 2 is 1.97 bits per heavy atom. The van der Waals surface area contributed by atoms with Gasteiger partial charge >= 0.3 is 6.03 Å². The number of benzene rings is 2. The van der Waals surface area contributed by atoms with Crippen LogP contribution in [0.25, 0.3) is 10.2 Å². The van der Waals surface area contributed by atoms with Gasteiger partial charge in [0.1, 0.15) is 11.9 Å². The second kappa shape index (κ2) is 7.47. The predicted molar refractivity (Wildman–Crippen MR) is 107 cm³/mol. The average Bonchev–Trinajstić information content (AvgIpc) is 3.07. The number of aromatic nitrogens is 1. The fraction of sp³-hybridized carbons (Fsp3) is 0.158. The smallest absolute Gasteiger partial charge is 0.325 e. The van der Waals surface area contributed by atoms with E-state index in [1.54, 1.807) is 25.2 Å². The second-order valence-corrected chi connectivity index (χ2v) is 7.56. The summed E-state index contributed by atoms with van der Waals surface area (Å²) in [6, 6.07) is 9.38. The number of rotatable bonds is 3. The quantitative estimate of drug-likeness (QED) is 0.614. The van der Waals surface area contributed by atoms with Crippen LogP contribution in [-0.2, 0) is 9.59 Å². The number of amides is 4. The standard InChI is InChI=1S/C19H16FN5O3S/c1-25-9-15(26)23-16(17(25)27)10-2-7-13-14(8-10)29-19(22-13)24-18(28)21-12-5-3-11(20)4-6-12/h2-8,16H,9H2,1H3,(H,23,26)(H2,21,22,24,28). The van der Waals surface area contributed by atoms with E-state index >= 15 is 0 Å². The van der Waals surface area contributed by atoms with E-state index in [1.807, 2.05) is 0 Å². The van der Waals surface area contributed by atoms with Crippen LogP contribution in [0, 0.1) is 5.82 Å². The first kappa shape index (κ1) is 18.8. The third-order valence-corrected chi connectivity index (χ3v) is 5.31. The number of thiazole rings is 1. The lowest BCUT2D eigenvalue weighted by Gasteiger charge is -2.29. The third kappa shape index (κ3) is 4.02. The minimum absolute atomic E-state index is 0.0371.